The third-order valence-corrected chi connectivity index (χ3v) is 7.07. The van der Waals surface area contributed by atoms with E-state index in [0.717, 1.165) is 47.0 Å². The van der Waals surface area contributed by atoms with Gasteiger partial charge in [0.15, 0.2) is 5.11 Å². The van der Waals surface area contributed by atoms with Crippen LogP contribution in [0.3, 0.4) is 0 Å². The number of thiocarbonyl (C=S) groups is 1. The molecule has 3 aromatic carbocycles. The number of hydrogen-bond acceptors (Lipinski definition) is 3. The van der Waals surface area contributed by atoms with Crippen LogP contribution in [-0.2, 0) is 17.5 Å². The van der Waals surface area contributed by atoms with Crippen molar-refractivity contribution in [3.63, 3.8) is 0 Å². The van der Waals surface area contributed by atoms with E-state index in [1.54, 1.807) is 6.07 Å². The van der Waals surface area contributed by atoms with Gasteiger partial charge in [-0.05, 0) is 56.2 Å². The average molecular weight is 551 g/mol. The van der Waals surface area contributed by atoms with Gasteiger partial charge in [-0.15, -0.1) is 0 Å². The quantitative estimate of drug-likeness (QED) is 0.246. The van der Waals surface area contributed by atoms with Crippen molar-refractivity contribution in [1.29, 1.82) is 0 Å². The minimum absolute atomic E-state index is 0.0606. The van der Waals surface area contributed by atoms with Crippen LogP contribution in [0.4, 0.5) is 18.9 Å². The third-order valence-electron chi connectivity index (χ3n) is 6.71. The first-order valence-electron chi connectivity index (χ1n) is 12.8. The molecule has 9 heteroatoms. The van der Waals surface area contributed by atoms with Crippen LogP contribution in [0.2, 0.25) is 0 Å². The summed E-state index contributed by atoms with van der Waals surface area (Å²) < 4.78 is 48.7. The van der Waals surface area contributed by atoms with Crippen LogP contribution in [0.15, 0.2) is 85.1 Å². The van der Waals surface area contributed by atoms with Gasteiger partial charge in [0.1, 0.15) is 0 Å². The van der Waals surface area contributed by atoms with E-state index in [1.165, 1.54) is 12.1 Å². The van der Waals surface area contributed by atoms with E-state index >= 15 is 0 Å². The van der Waals surface area contributed by atoms with Crippen LogP contribution in [0.1, 0.15) is 29.5 Å². The summed E-state index contributed by atoms with van der Waals surface area (Å²) in [5.74, 6) is 0. The molecule has 0 bridgehead atoms. The molecule has 1 atom stereocenters. The fourth-order valence-corrected chi connectivity index (χ4v) is 4.93. The molecule has 1 aliphatic heterocycles. The van der Waals surface area contributed by atoms with Crippen LogP contribution >= 0.6 is 12.2 Å². The van der Waals surface area contributed by atoms with Crippen molar-refractivity contribution in [2.45, 2.75) is 38.6 Å². The monoisotopic (exact) mass is 550 g/mol. The number of alkyl halides is 3. The van der Waals surface area contributed by atoms with Crippen LogP contribution < -0.4 is 5.32 Å². The maximum Gasteiger partial charge on any atom is 0.418 e. The van der Waals surface area contributed by atoms with Gasteiger partial charge in [0, 0.05) is 37.0 Å². The molecule has 1 aromatic heterocycles. The van der Waals surface area contributed by atoms with Gasteiger partial charge in [0.25, 0.3) is 0 Å². The zero-order chi connectivity index (χ0) is 27.4. The lowest BCUT2D eigenvalue weighted by Gasteiger charge is -2.29. The molecule has 0 aliphatic carbocycles. The number of benzene rings is 3. The highest BCUT2D eigenvalue weighted by atomic mass is 32.1. The molecular weight excluding hydrogens is 521 g/mol. The normalized spacial score (nSPS) is 15.3. The molecule has 5 rings (SSSR count). The topological polar surface area (TPSA) is 42.3 Å². The zero-order valence-electron chi connectivity index (χ0n) is 21.5. The SMILES string of the molecule is Cc1ccc(-c2nn(-c3ccccc3)cc2CN(CC2CCCO2)C(=S)Nc2ccccc2C(F)(F)F)cc1. The summed E-state index contributed by atoms with van der Waals surface area (Å²) in [4.78, 5) is 1.88. The molecule has 1 unspecified atom stereocenters. The summed E-state index contributed by atoms with van der Waals surface area (Å²) in [6.45, 7) is 3.48. The third kappa shape index (κ3) is 6.49. The Labute approximate surface area is 231 Å². The highest BCUT2D eigenvalue weighted by Gasteiger charge is 2.34. The number of para-hydroxylation sites is 2. The Hall–Kier alpha value is -3.69. The van der Waals surface area contributed by atoms with Gasteiger partial charge >= 0.3 is 6.18 Å². The number of halogens is 3. The molecule has 1 fully saturated rings. The number of nitrogens with one attached hydrogen (secondary N) is 1. The maximum atomic E-state index is 13.7. The molecule has 1 N–H and O–H groups in total. The van der Waals surface area contributed by atoms with E-state index < -0.39 is 11.7 Å². The molecule has 0 spiro atoms. The number of anilines is 1. The second kappa shape index (κ2) is 11.6. The molecule has 1 aliphatic rings. The molecule has 5 nitrogen and oxygen atoms in total. The van der Waals surface area contributed by atoms with E-state index in [-0.39, 0.29) is 16.9 Å². The Kier molecular flexibility index (Phi) is 7.99. The second-order valence-corrected chi connectivity index (χ2v) is 10.0. The number of aryl methyl sites for hydroxylation is 1. The predicted octanol–water partition coefficient (Wildman–Crippen LogP) is 7.24. The molecule has 0 radical (unpaired) electrons. The largest absolute Gasteiger partial charge is 0.418 e. The van der Waals surface area contributed by atoms with Crippen molar-refractivity contribution in [1.82, 2.24) is 14.7 Å². The van der Waals surface area contributed by atoms with E-state index in [2.05, 4.69) is 5.32 Å². The van der Waals surface area contributed by atoms with Crippen molar-refractivity contribution >= 4 is 23.0 Å². The van der Waals surface area contributed by atoms with Crippen LogP contribution in [0, 0.1) is 6.92 Å². The standard InChI is InChI=1S/C30H29F3N4OS/c1-21-13-15-22(16-14-21)28-23(19-37(35-28)24-8-3-2-4-9-24)18-36(20-25-10-7-17-38-25)29(39)34-27-12-6-5-11-26(27)30(31,32)33/h2-6,8-9,11-16,19,25H,7,10,17-18,20H2,1H3,(H,34,39). The summed E-state index contributed by atoms with van der Waals surface area (Å²) in [7, 11) is 0. The fraction of sp³-hybridized carbons (Fsp3) is 0.267. The Morgan fingerprint density at radius 1 is 1.05 bits per heavy atom. The first-order chi connectivity index (χ1) is 18.8. The Bertz CT molecular complexity index is 1410. The number of hydrogen-bond donors (Lipinski definition) is 1. The van der Waals surface area contributed by atoms with Gasteiger partial charge in [-0.2, -0.15) is 18.3 Å². The van der Waals surface area contributed by atoms with Gasteiger partial charge in [-0.1, -0.05) is 60.2 Å². The van der Waals surface area contributed by atoms with E-state index in [1.807, 2.05) is 77.3 Å². The maximum absolute atomic E-state index is 13.7. The van der Waals surface area contributed by atoms with E-state index in [4.69, 9.17) is 22.1 Å². The lowest BCUT2D eigenvalue weighted by atomic mass is 10.1. The molecule has 39 heavy (non-hydrogen) atoms. The first-order valence-corrected chi connectivity index (χ1v) is 13.2. The van der Waals surface area contributed by atoms with Crippen molar-refractivity contribution in [2.75, 3.05) is 18.5 Å². The average Bonchev–Trinajstić information content (AvgIpc) is 3.59. The fourth-order valence-electron chi connectivity index (χ4n) is 4.69. The first kappa shape index (κ1) is 26.9. The van der Waals surface area contributed by atoms with Crippen LogP contribution in [-0.4, -0.2) is 39.0 Å². The molecule has 2 heterocycles. The molecule has 4 aromatic rings. The number of rotatable bonds is 7. The Morgan fingerprint density at radius 3 is 2.46 bits per heavy atom. The van der Waals surface area contributed by atoms with Gasteiger partial charge < -0.3 is 15.0 Å². The van der Waals surface area contributed by atoms with Crippen molar-refractivity contribution < 1.29 is 17.9 Å². The smallest absolute Gasteiger partial charge is 0.376 e. The van der Waals surface area contributed by atoms with Gasteiger partial charge in [-0.25, -0.2) is 4.68 Å². The van der Waals surface area contributed by atoms with Gasteiger partial charge in [0.2, 0.25) is 0 Å². The summed E-state index contributed by atoms with van der Waals surface area (Å²) in [6.07, 6.45) is -0.801. The van der Waals surface area contributed by atoms with Crippen LogP contribution in [0.5, 0.6) is 0 Å². The van der Waals surface area contributed by atoms with Crippen molar-refractivity contribution in [3.8, 4) is 16.9 Å². The summed E-state index contributed by atoms with van der Waals surface area (Å²) in [5, 5.41) is 7.97. The number of ether oxygens (including phenoxy) is 1. The molecule has 1 saturated heterocycles. The molecular formula is C30H29F3N4OS. The number of nitrogens with zero attached hydrogens (tertiary/aromatic N) is 3. The Balaban J connectivity index is 1.50. The number of aromatic nitrogens is 2. The molecule has 0 amide bonds. The molecule has 0 saturated carbocycles. The zero-order valence-corrected chi connectivity index (χ0v) is 22.3. The highest BCUT2D eigenvalue weighted by Crippen LogP contribution is 2.35. The second-order valence-electron chi connectivity index (χ2n) is 9.64. The highest BCUT2D eigenvalue weighted by molar-refractivity contribution is 7.80. The minimum Gasteiger partial charge on any atom is -0.376 e. The summed E-state index contributed by atoms with van der Waals surface area (Å²) in [6, 6.07) is 23.3. The lowest BCUT2D eigenvalue weighted by Crippen LogP contribution is -2.39. The predicted molar refractivity (Wildman–Crippen MR) is 151 cm³/mol. The van der Waals surface area contributed by atoms with Gasteiger partial charge in [0.05, 0.1) is 28.7 Å². The molecule has 202 valence electrons. The van der Waals surface area contributed by atoms with Crippen molar-refractivity contribution in [3.05, 3.63) is 102 Å². The van der Waals surface area contributed by atoms with Gasteiger partial charge in [-0.3, -0.25) is 0 Å². The summed E-state index contributed by atoms with van der Waals surface area (Å²) >= 11 is 5.72. The van der Waals surface area contributed by atoms with Crippen LogP contribution in [0.25, 0.3) is 16.9 Å². The van der Waals surface area contributed by atoms with Crippen molar-refractivity contribution in [2.24, 2.45) is 0 Å². The van der Waals surface area contributed by atoms with E-state index in [9.17, 15) is 13.2 Å². The Morgan fingerprint density at radius 2 is 1.77 bits per heavy atom. The van der Waals surface area contributed by atoms with E-state index in [0.29, 0.717) is 19.7 Å². The summed E-state index contributed by atoms with van der Waals surface area (Å²) in [5.41, 5.74) is 3.83. The lowest BCUT2D eigenvalue weighted by molar-refractivity contribution is -0.136. The minimum atomic E-state index is -4.51.